The van der Waals surface area contributed by atoms with Gasteiger partial charge in [0.05, 0.1) is 12.5 Å². The minimum absolute atomic E-state index is 0.0833. The van der Waals surface area contributed by atoms with Gasteiger partial charge in [0.1, 0.15) is 5.82 Å². The van der Waals surface area contributed by atoms with Gasteiger partial charge in [-0.1, -0.05) is 60.8 Å². The molecule has 0 N–H and O–H groups in total. The van der Waals surface area contributed by atoms with E-state index in [1.54, 1.807) is 11.0 Å². The number of fused-ring (bicyclic) bond motifs is 1. The highest BCUT2D eigenvalue weighted by molar-refractivity contribution is 6.31. The molecule has 1 saturated carbocycles. The maximum absolute atomic E-state index is 13.4. The molecule has 2 fully saturated rings. The molecule has 0 bridgehead atoms. The molecule has 146 valence electrons. The lowest BCUT2D eigenvalue weighted by atomic mass is 9.81. The first kappa shape index (κ1) is 18.9. The largest absolute Gasteiger partial charge is 0.327 e. The van der Waals surface area contributed by atoms with E-state index in [9.17, 15) is 14.0 Å². The Morgan fingerprint density at radius 1 is 1.00 bits per heavy atom. The maximum atomic E-state index is 13.4. The van der Waals surface area contributed by atoms with E-state index >= 15 is 0 Å². The summed E-state index contributed by atoms with van der Waals surface area (Å²) in [6, 6.07) is 13.3. The predicted molar refractivity (Wildman–Crippen MR) is 105 cm³/mol. The summed E-state index contributed by atoms with van der Waals surface area (Å²) in [5.74, 6) is -0.676. The molecule has 4 nitrogen and oxygen atoms in total. The van der Waals surface area contributed by atoms with Gasteiger partial charge in [-0.2, -0.15) is 0 Å². The molecule has 1 heterocycles. The fraction of sp³-hybridized carbons (Fsp3) is 0.364. The zero-order valence-corrected chi connectivity index (χ0v) is 16.2. The molecule has 1 aliphatic carbocycles. The molecule has 2 aliphatic rings. The SMILES string of the molecule is O=C1C2CCCCC2N(Cc2ccc(F)cc2Cl)C(=O)N1Cc1ccccc1. The first-order valence-corrected chi connectivity index (χ1v) is 10.0. The summed E-state index contributed by atoms with van der Waals surface area (Å²) < 4.78 is 13.4. The number of imide groups is 1. The van der Waals surface area contributed by atoms with Crippen molar-refractivity contribution in [2.24, 2.45) is 5.92 Å². The molecule has 0 radical (unpaired) electrons. The maximum Gasteiger partial charge on any atom is 0.327 e. The molecule has 2 aromatic rings. The van der Waals surface area contributed by atoms with E-state index in [1.807, 2.05) is 30.3 Å². The Morgan fingerprint density at radius 2 is 1.75 bits per heavy atom. The van der Waals surface area contributed by atoms with Crippen LogP contribution < -0.4 is 0 Å². The molecule has 28 heavy (non-hydrogen) atoms. The molecule has 1 aliphatic heterocycles. The van der Waals surface area contributed by atoms with Crippen LogP contribution in [0.3, 0.4) is 0 Å². The van der Waals surface area contributed by atoms with Crippen molar-refractivity contribution in [1.82, 2.24) is 9.80 Å². The number of hydrogen-bond acceptors (Lipinski definition) is 2. The van der Waals surface area contributed by atoms with Crippen molar-refractivity contribution in [2.75, 3.05) is 0 Å². The van der Waals surface area contributed by atoms with Crippen molar-refractivity contribution in [1.29, 1.82) is 0 Å². The number of urea groups is 1. The van der Waals surface area contributed by atoms with E-state index in [-0.39, 0.29) is 37.0 Å². The molecule has 0 aromatic heterocycles. The van der Waals surface area contributed by atoms with Crippen LogP contribution in [0.5, 0.6) is 0 Å². The lowest BCUT2D eigenvalue weighted by molar-refractivity contribution is -0.141. The first-order valence-electron chi connectivity index (χ1n) is 9.64. The van der Waals surface area contributed by atoms with E-state index in [4.69, 9.17) is 11.6 Å². The average Bonchev–Trinajstić information content (AvgIpc) is 2.71. The highest BCUT2D eigenvalue weighted by Gasteiger charge is 2.46. The van der Waals surface area contributed by atoms with Crippen LogP contribution in [0.15, 0.2) is 48.5 Å². The van der Waals surface area contributed by atoms with Crippen molar-refractivity contribution in [2.45, 2.75) is 44.8 Å². The fourth-order valence-corrected chi connectivity index (χ4v) is 4.52. The highest BCUT2D eigenvalue weighted by Crippen LogP contribution is 2.36. The Morgan fingerprint density at radius 3 is 2.50 bits per heavy atom. The van der Waals surface area contributed by atoms with Gasteiger partial charge >= 0.3 is 6.03 Å². The second-order valence-electron chi connectivity index (χ2n) is 7.51. The zero-order chi connectivity index (χ0) is 19.7. The number of carbonyl (C=O) groups is 2. The Hall–Kier alpha value is -2.40. The van der Waals surface area contributed by atoms with E-state index in [0.29, 0.717) is 10.6 Å². The van der Waals surface area contributed by atoms with Gasteiger partial charge in [0, 0.05) is 17.6 Å². The van der Waals surface area contributed by atoms with Crippen LogP contribution in [0, 0.1) is 11.7 Å². The molecule has 2 aromatic carbocycles. The topological polar surface area (TPSA) is 40.6 Å². The smallest absolute Gasteiger partial charge is 0.316 e. The van der Waals surface area contributed by atoms with E-state index in [1.165, 1.54) is 17.0 Å². The Balaban J connectivity index is 1.64. The molecule has 1 saturated heterocycles. The summed E-state index contributed by atoms with van der Waals surface area (Å²) in [5.41, 5.74) is 1.60. The minimum Gasteiger partial charge on any atom is -0.316 e. The number of hydrogen-bond donors (Lipinski definition) is 0. The normalized spacial score (nSPS) is 22.4. The van der Waals surface area contributed by atoms with Crippen LogP contribution in [0.25, 0.3) is 0 Å². The molecule has 2 atom stereocenters. The molecular weight excluding hydrogens is 379 g/mol. The van der Waals surface area contributed by atoms with Crippen molar-refractivity contribution in [3.05, 3.63) is 70.5 Å². The molecule has 6 heteroatoms. The third-order valence-electron chi connectivity index (χ3n) is 5.73. The number of rotatable bonds is 4. The quantitative estimate of drug-likeness (QED) is 0.724. The Bertz CT molecular complexity index is 889. The van der Waals surface area contributed by atoms with Gasteiger partial charge < -0.3 is 4.90 Å². The van der Waals surface area contributed by atoms with Gasteiger partial charge in [-0.05, 0) is 36.1 Å². The summed E-state index contributed by atoms with van der Waals surface area (Å²) in [6.45, 7) is 0.535. The third kappa shape index (κ3) is 3.63. The van der Waals surface area contributed by atoms with Gasteiger partial charge in [-0.25, -0.2) is 9.18 Å². The molecule has 2 unspecified atom stereocenters. The highest BCUT2D eigenvalue weighted by atomic mass is 35.5. The van der Waals surface area contributed by atoms with Crippen molar-refractivity contribution in [3.8, 4) is 0 Å². The standard InChI is InChI=1S/C22H22ClFN2O2/c23-19-12-17(24)11-10-16(19)14-25-20-9-5-4-8-18(20)21(27)26(22(25)28)13-15-6-2-1-3-7-15/h1-3,6-7,10-12,18,20H,4-5,8-9,13-14H2. The average molecular weight is 401 g/mol. The van der Waals surface area contributed by atoms with Crippen LogP contribution in [-0.4, -0.2) is 27.8 Å². The predicted octanol–water partition coefficient (Wildman–Crippen LogP) is 5.00. The molecular formula is C22H22ClFN2O2. The van der Waals surface area contributed by atoms with Crippen LogP contribution in [0.4, 0.5) is 9.18 Å². The van der Waals surface area contributed by atoms with Crippen LogP contribution in [0.1, 0.15) is 36.8 Å². The Labute approximate surface area is 168 Å². The van der Waals surface area contributed by atoms with Crippen molar-refractivity contribution < 1.29 is 14.0 Å². The van der Waals surface area contributed by atoms with Gasteiger partial charge in [-0.3, -0.25) is 9.69 Å². The van der Waals surface area contributed by atoms with Crippen molar-refractivity contribution >= 4 is 23.5 Å². The van der Waals surface area contributed by atoms with Crippen LogP contribution in [-0.2, 0) is 17.9 Å². The summed E-state index contributed by atoms with van der Waals surface area (Å²) in [7, 11) is 0. The second-order valence-corrected chi connectivity index (χ2v) is 7.92. The lowest BCUT2D eigenvalue weighted by Gasteiger charge is -2.47. The van der Waals surface area contributed by atoms with Crippen molar-refractivity contribution in [3.63, 3.8) is 0 Å². The summed E-state index contributed by atoms with van der Waals surface area (Å²) in [6.07, 6.45) is 3.58. The van der Waals surface area contributed by atoms with Gasteiger partial charge in [0.2, 0.25) is 5.91 Å². The number of carbonyl (C=O) groups excluding carboxylic acids is 2. The van der Waals surface area contributed by atoms with Crippen LogP contribution in [0.2, 0.25) is 5.02 Å². The molecule has 3 amide bonds. The number of nitrogens with zero attached hydrogens (tertiary/aromatic N) is 2. The fourth-order valence-electron chi connectivity index (χ4n) is 4.29. The first-order chi connectivity index (χ1) is 13.5. The minimum atomic E-state index is -0.407. The molecule has 4 rings (SSSR count). The van der Waals surface area contributed by atoms with Gasteiger partial charge in [0.15, 0.2) is 0 Å². The second kappa shape index (κ2) is 7.92. The van der Waals surface area contributed by atoms with Crippen LogP contribution >= 0.6 is 11.6 Å². The number of benzene rings is 2. The lowest BCUT2D eigenvalue weighted by Crippen LogP contribution is -2.61. The van der Waals surface area contributed by atoms with E-state index in [2.05, 4.69) is 0 Å². The Kier molecular flexibility index (Phi) is 5.36. The summed E-state index contributed by atoms with van der Waals surface area (Å²) in [5, 5.41) is 0.298. The van der Waals surface area contributed by atoms with Gasteiger partial charge in [-0.15, -0.1) is 0 Å². The number of halogens is 2. The zero-order valence-electron chi connectivity index (χ0n) is 15.5. The third-order valence-corrected chi connectivity index (χ3v) is 6.08. The number of amides is 3. The monoisotopic (exact) mass is 400 g/mol. The van der Waals surface area contributed by atoms with E-state index in [0.717, 1.165) is 31.2 Å². The summed E-state index contributed by atoms with van der Waals surface area (Å²) >= 11 is 6.21. The van der Waals surface area contributed by atoms with E-state index < -0.39 is 5.82 Å². The summed E-state index contributed by atoms with van der Waals surface area (Å²) in [4.78, 5) is 29.5. The van der Waals surface area contributed by atoms with Gasteiger partial charge in [0.25, 0.3) is 0 Å². The molecule has 0 spiro atoms.